The third-order valence-corrected chi connectivity index (χ3v) is 5.22. The highest BCUT2D eigenvalue weighted by molar-refractivity contribution is 5.80. The van der Waals surface area contributed by atoms with E-state index in [0.717, 1.165) is 38.5 Å². The van der Waals surface area contributed by atoms with Gasteiger partial charge in [0.05, 0.1) is 5.56 Å². The Kier molecular flexibility index (Phi) is 8.11. The maximum absolute atomic E-state index is 13.0. The maximum Gasteiger partial charge on any atom is 0.419 e. The predicted molar refractivity (Wildman–Crippen MR) is 117 cm³/mol. The third kappa shape index (κ3) is 7.13. The van der Waals surface area contributed by atoms with Gasteiger partial charge in [-0.2, -0.15) is 13.2 Å². The molecule has 0 aliphatic carbocycles. The van der Waals surface area contributed by atoms with E-state index >= 15 is 0 Å². The highest BCUT2D eigenvalue weighted by Crippen LogP contribution is 2.33. The van der Waals surface area contributed by atoms with Gasteiger partial charge in [0.15, 0.2) is 5.96 Å². The number of piperidine rings is 1. The van der Waals surface area contributed by atoms with Crippen LogP contribution in [0.25, 0.3) is 0 Å². The third-order valence-electron chi connectivity index (χ3n) is 5.22. The van der Waals surface area contributed by atoms with Gasteiger partial charge in [-0.25, -0.2) is 4.98 Å². The number of aliphatic imine (C=N–C) groups is 1. The number of hydrogen-bond acceptors (Lipinski definition) is 4. The molecule has 31 heavy (non-hydrogen) atoms. The summed E-state index contributed by atoms with van der Waals surface area (Å²) in [4.78, 5) is 10.5. The summed E-state index contributed by atoms with van der Waals surface area (Å²) >= 11 is 0. The number of anilines is 1. The molecule has 3 N–H and O–H groups in total. The zero-order valence-electron chi connectivity index (χ0n) is 17.6. The van der Waals surface area contributed by atoms with Gasteiger partial charge in [0.25, 0.3) is 0 Å². The number of likely N-dealkylation sites (tertiary alicyclic amines) is 1. The van der Waals surface area contributed by atoms with Gasteiger partial charge in [-0.1, -0.05) is 30.3 Å². The van der Waals surface area contributed by atoms with E-state index in [4.69, 9.17) is 0 Å². The summed E-state index contributed by atoms with van der Waals surface area (Å²) < 4.78 is 39.1. The van der Waals surface area contributed by atoms with Crippen LogP contribution in [0.1, 0.15) is 24.0 Å². The predicted octanol–water partition coefficient (Wildman–Crippen LogP) is 3.34. The van der Waals surface area contributed by atoms with Gasteiger partial charge in [-0.15, -0.1) is 0 Å². The van der Waals surface area contributed by atoms with Crippen molar-refractivity contribution in [2.24, 2.45) is 4.99 Å². The second-order valence-corrected chi connectivity index (χ2v) is 7.50. The summed E-state index contributed by atoms with van der Waals surface area (Å²) in [6, 6.07) is 13.1. The molecule has 1 saturated heterocycles. The molecule has 0 atom stereocenters. The summed E-state index contributed by atoms with van der Waals surface area (Å²) in [5.41, 5.74) is 0.556. The summed E-state index contributed by atoms with van der Waals surface area (Å²) in [5, 5.41) is 9.31. The minimum Gasteiger partial charge on any atom is -0.368 e. The molecule has 2 aromatic rings. The van der Waals surface area contributed by atoms with Gasteiger partial charge in [-0.3, -0.25) is 9.89 Å². The van der Waals surface area contributed by atoms with Crippen LogP contribution in [-0.4, -0.2) is 55.1 Å². The Labute approximate surface area is 181 Å². The molecule has 2 heterocycles. The minimum atomic E-state index is -4.43. The molecule has 1 aromatic heterocycles. The fourth-order valence-corrected chi connectivity index (χ4v) is 3.60. The van der Waals surface area contributed by atoms with Gasteiger partial charge in [0.2, 0.25) is 0 Å². The highest BCUT2D eigenvalue weighted by Gasteiger charge is 2.33. The number of pyridine rings is 1. The first-order chi connectivity index (χ1) is 15.0. The van der Waals surface area contributed by atoms with Crippen LogP contribution in [0.4, 0.5) is 19.0 Å². The summed E-state index contributed by atoms with van der Waals surface area (Å²) in [7, 11) is 1.69. The van der Waals surface area contributed by atoms with E-state index < -0.39 is 11.7 Å². The number of hydrogen-bond donors (Lipinski definition) is 3. The van der Waals surface area contributed by atoms with Crippen LogP contribution >= 0.6 is 0 Å². The lowest BCUT2D eigenvalue weighted by Gasteiger charge is -2.33. The molecule has 1 aliphatic rings. The normalized spacial score (nSPS) is 16.2. The van der Waals surface area contributed by atoms with Crippen molar-refractivity contribution in [2.75, 3.05) is 38.5 Å². The Hall–Kier alpha value is -2.81. The molecule has 0 amide bonds. The molecule has 3 rings (SSSR count). The Morgan fingerprint density at radius 1 is 1.10 bits per heavy atom. The van der Waals surface area contributed by atoms with Crippen LogP contribution in [0.15, 0.2) is 53.7 Å². The Morgan fingerprint density at radius 3 is 2.52 bits per heavy atom. The van der Waals surface area contributed by atoms with Gasteiger partial charge in [0, 0.05) is 52.0 Å². The van der Waals surface area contributed by atoms with Crippen LogP contribution in [0.5, 0.6) is 0 Å². The van der Waals surface area contributed by atoms with E-state index in [1.165, 1.54) is 17.8 Å². The number of aromatic nitrogens is 1. The number of benzene rings is 1. The molecule has 9 heteroatoms. The van der Waals surface area contributed by atoms with Crippen molar-refractivity contribution in [2.45, 2.75) is 31.6 Å². The van der Waals surface area contributed by atoms with E-state index in [-0.39, 0.29) is 12.4 Å². The average Bonchev–Trinajstić information content (AvgIpc) is 2.77. The van der Waals surface area contributed by atoms with Gasteiger partial charge in [-0.05, 0) is 30.5 Å². The lowest BCUT2D eigenvalue weighted by atomic mass is 10.0. The molecule has 168 valence electrons. The fraction of sp³-hybridized carbons (Fsp3) is 0.455. The molecule has 6 nitrogen and oxygen atoms in total. The molecular formula is C22H29F3N6. The molecule has 0 radical (unpaired) electrons. The number of rotatable bonds is 7. The number of nitrogens with zero attached hydrogens (tertiary/aromatic N) is 3. The van der Waals surface area contributed by atoms with Crippen LogP contribution in [0, 0.1) is 0 Å². The number of guanidine groups is 1. The van der Waals surface area contributed by atoms with Crippen molar-refractivity contribution >= 4 is 11.8 Å². The van der Waals surface area contributed by atoms with E-state index in [2.05, 4.69) is 55.1 Å². The Bertz CT molecular complexity index is 833. The summed E-state index contributed by atoms with van der Waals surface area (Å²) in [6.07, 6.45) is -1.07. The van der Waals surface area contributed by atoms with Crippen LogP contribution in [0.3, 0.4) is 0 Å². The van der Waals surface area contributed by atoms with Crippen LogP contribution in [0.2, 0.25) is 0 Å². The topological polar surface area (TPSA) is 64.6 Å². The average molecular weight is 435 g/mol. The maximum atomic E-state index is 13.0. The molecule has 0 spiro atoms. The quantitative estimate of drug-likeness (QED) is 0.354. The SMILES string of the molecule is CN=C(NCCNc1ncccc1C(F)(F)F)NC1CCN(Cc2ccccc2)CC1. The van der Waals surface area contributed by atoms with Gasteiger partial charge in [0.1, 0.15) is 5.82 Å². The molecule has 1 aliphatic heterocycles. The van der Waals surface area contributed by atoms with E-state index in [1.54, 1.807) is 7.05 Å². The monoisotopic (exact) mass is 434 g/mol. The molecule has 1 aromatic carbocycles. The number of nitrogens with one attached hydrogen (secondary N) is 3. The largest absolute Gasteiger partial charge is 0.419 e. The molecular weight excluding hydrogens is 405 g/mol. The number of halogens is 3. The van der Waals surface area contributed by atoms with Crippen molar-refractivity contribution in [3.63, 3.8) is 0 Å². The molecule has 0 bridgehead atoms. The molecule has 0 saturated carbocycles. The molecule has 0 unspecified atom stereocenters. The van der Waals surface area contributed by atoms with E-state index in [1.807, 2.05) is 6.07 Å². The zero-order chi connectivity index (χ0) is 22.1. The lowest BCUT2D eigenvalue weighted by Crippen LogP contribution is -2.49. The van der Waals surface area contributed by atoms with Crippen LogP contribution < -0.4 is 16.0 Å². The van der Waals surface area contributed by atoms with Crippen molar-refractivity contribution in [3.05, 3.63) is 59.8 Å². The first kappa shape index (κ1) is 22.9. The first-order valence-electron chi connectivity index (χ1n) is 10.5. The van der Waals surface area contributed by atoms with Crippen LogP contribution in [-0.2, 0) is 12.7 Å². The minimum absolute atomic E-state index is 0.162. The van der Waals surface area contributed by atoms with E-state index in [9.17, 15) is 13.2 Å². The lowest BCUT2D eigenvalue weighted by molar-refractivity contribution is -0.137. The van der Waals surface area contributed by atoms with Crippen molar-refractivity contribution in [1.82, 2.24) is 20.5 Å². The zero-order valence-corrected chi connectivity index (χ0v) is 17.6. The van der Waals surface area contributed by atoms with Gasteiger partial charge < -0.3 is 16.0 Å². The summed E-state index contributed by atoms with van der Waals surface area (Å²) in [6.45, 7) is 3.67. The Balaban J connectivity index is 1.38. The highest BCUT2D eigenvalue weighted by atomic mass is 19.4. The molecule has 1 fully saturated rings. The second kappa shape index (κ2) is 11.0. The van der Waals surface area contributed by atoms with Crippen molar-refractivity contribution < 1.29 is 13.2 Å². The standard InChI is InChI=1S/C22H29F3N6/c1-26-21(29-13-12-28-20-19(22(23,24)25)8-5-11-27-20)30-18-9-14-31(15-10-18)16-17-6-3-2-4-7-17/h2-8,11,18H,9-10,12-16H2,1H3,(H,27,28)(H2,26,29,30). The summed E-state index contributed by atoms with van der Waals surface area (Å²) in [5.74, 6) is 0.492. The van der Waals surface area contributed by atoms with Crippen molar-refractivity contribution in [1.29, 1.82) is 0 Å². The first-order valence-corrected chi connectivity index (χ1v) is 10.5. The fourth-order valence-electron chi connectivity index (χ4n) is 3.60. The van der Waals surface area contributed by atoms with E-state index in [0.29, 0.717) is 18.5 Å². The van der Waals surface area contributed by atoms with Crippen molar-refractivity contribution in [3.8, 4) is 0 Å². The number of alkyl halides is 3. The second-order valence-electron chi connectivity index (χ2n) is 7.50. The van der Waals surface area contributed by atoms with Gasteiger partial charge >= 0.3 is 6.18 Å². The Morgan fingerprint density at radius 2 is 1.84 bits per heavy atom. The smallest absolute Gasteiger partial charge is 0.368 e.